The highest BCUT2D eigenvalue weighted by molar-refractivity contribution is 7.11. The lowest BCUT2D eigenvalue weighted by molar-refractivity contribution is -0.00000417. The first kappa shape index (κ1) is 16.1. The number of aromatic nitrogens is 1. The van der Waals surface area contributed by atoms with Crippen LogP contribution in [0.2, 0.25) is 0 Å². The van der Waals surface area contributed by atoms with Crippen LogP contribution in [0.15, 0.2) is 47.9 Å². The van der Waals surface area contributed by atoms with E-state index in [1.54, 1.807) is 11.3 Å². The highest BCUT2D eigenvalue weighted by atomic mass is 127. The molecule has 0 radical (unpaired) electrons. The van der Waals surface area contributed by atoms with E-state index in [1.165, 1.54) is 11.1 Å². The van der Waals surface area contributed by atoms with Crippen LogP contribution < -0.4 is 24.0 Å². The van der Waals surface area contributed by atoms with Gasteiger partial charge in [-0.1, -0.05) is 30.3 Å². The zero-order valence-corrected chi connectivity index (χ0v) is 15.1. The number of rotatable bonds is 3. The Kier molecular flexibility index (Phi) is 5.51. The van der Waals surface area contributed by atoms with Crippen molar-refractivity contribution in [3.05, 3.63) is 59.1 Å². The zero-order valence-electron chi connectivity index (χ0n) is 12.1. The molecule has 2 aromatic rings. The van der Waals surface area contributed by atoms with Gasteiger partial charge in [-0.25, -0.2) is 9.88 Å². The normalized spacial score (nSPS) is 13.7. The topological polar surface area (TPSA) is 16.1 Å². The van der Waals surface area contributed by atoms with Gasteiger partial charge >= 0.3 is 0 Å². The second kappa shape index (κ2) is 7.16. The van der Waals surface area contributed by atoms with E-state index in [1.807, 2.05) is 24.3 Å². The minimum absolute atomic E-state index is 0. The van der Waals surface area contributed by atoms with E-state index < -0.39 is 0 Å². The molecule has 2 heterocycles. The first-order valence-corrected chi connectivity index (χ1v) is 7.69. The minimum Gasteiger partial charge on any atom is -1.00 e. The third kappa shape index (κ3) is 3.70. The van der Waals surface area contributed by atoms with Gasteiger partial charge in [0.2, 0.25) is 5.01 Å². The molecule has 1 aliphatic rings. The van der Waals surface area contributed by atoms with Crippen molar-refractivity contribution in [2.45, 2.75) is 19.9 Å². The van der Waals surface area contributed by atoms with E-state index in [-0.39, 0.29) is 24.0 Å². The number of hydrogen-bond acceptors (Lipinski definition) is 3. The molecule has 4 heteroatoms. The summed E-state index contributed by atoms with van der Waals surface area (Å²) in [6.07, 6.45) is 7.59. The predicted octanol–water partition coefficient (Wildman–Crippen LogP) is 1.24. The Labute approximate surface area is 147 Å². The summed E-state index contributed by atoms with van der Waals surface area (Å²) in [6, 6.07) is 10.8. The summed E-state index contributed by atoms with van der Waals surface area (Å²) in [4.78, 5) is 6.92. The molecule has 0 aliphatic carbocycles. The molecule has 0 bridgehead atoms. The van der Waals surface area contributed by atoms with Crippen LogP contribution in [0.5, 0.6) is 0 Å². The monoisotopic (exact) mass is 408 g/mol. The number of allylic oxidation sites excluding steroid dienone is 2. The maximum Gasteiger partial charge on any atom is 0.209 e. The second-order valence-corrected chi connectivity index (χ2v) is 5.94. The lowest BCUT2D eigenvalue weighted by Crippen LogP contribution is -3.00. The second-order valence-electron chi connectivity index (χ2n) is 5.08. The van der Waals surface area contributed by atoms with Gasteiger partial charge in [0.05, 0.1) is 18.3 Å². The van der Waals surface area contributed by atoms with Gasteiger partial charge in [0.1, 0.15) is 0 Å². The Bertz CT molecular complexity index is 644. The first-order chi connectivity index (χ1) is 9.74. The number of nitrogens with zero attached hydrogens (tertiary/aromatic N) is 2. The number of halogens is 1. The van der Waals surface area contributed by atoms with Gasteiger partial charge in [0.25, 0.3) is 0 Å². The fourth-order valence-corrected chi connectivity index (χ4v) is 2.96. The molecule has 21 heavy (non-hydrogen) atoms. The molecule has 0 amide bonds. The fourth-order valence-electron chi connectivity index (χ4n) is 2.12. The van der Waals surface area contributed by atoms with Crippen LogP contribution in [0.3, 0.4) is 0 Å². The zero-order chi connectivity index (χ0) is 13.9. The summed E-state index contributed by atoms with van der Waals surface area (Å²) in [5.74, 6) is 0. The molecule has 1 aromatic carbocycles. The molecule has 1 aliphatic heterocycles. The summed E-state index contributed by atoms with van der Waals surface area (Å²) in [5, 5.41) is 3.19. The molecule has 0 N–H and O–H groups in total. The Morgan fingerprint density at radius 3 is 2.62 bits per heavy atom. The quantitative estimate of drug-likeness (QED) is 0.562. The molecule has 0 saturated carbocycles. The third-order valence-corrected chi connectivity index (χ3v) is 4.23. The Hall–Kier alpha value is -1.23. The van der Waals surface area contributed by atoms with Crippen LogP contribution in [0.1, 0.15) is 18.9 Å². The molecule has 0 atom stereocenters. The van der Waals surface area contributed by atoms with Crippen LogP contribution >= 0.6 is 11.3 Å². The highest BCUT2D eigenvalue weighted by Crippen LogP contribution is 2.28. The van der Waals surface area contributed by atoms with E-state index in [9.17, 15) is 0 Å². The molecule has 3 rings (SSSR count). The Balaban J connectivity index is 0.00000161. The van der Waals surface area contributed by atoms with Gasteiger partial charge in [0.15, 0.2) is 17.8 Å². The average Bonchev–Trinajstić information content (AvgIpc) is 2.98. The van der Waals surface area contributed by atoms with Crippen LogP contribution in [0, 0.1) is 6.20 Å². The summed E-state index contributed by atoms with van der Waals surface area (Å²) < 4.78 is 0. The van der Waals surface area contributed by atoms with E-state index >= 15 is 0 Å². The molecule has 0 spiro atoms. The average molecular weight is 408 g/mol. The lowest BCUT2D eigenvalue weighted by Gasteiger charge is -2.16. The predicted molar refractivity (Wildman–Crippen MR) is 85.2 cm³/mol. The van der Waals surface area contributed by atoms with Crippen LogP contribution in [0.25, 0.3) is 16.8 Å². The van der Waals surface area contributed by atoms with Crippen molar-refractivity contribution >= 4 is 16.9 Å². The molecular weight excluding hydrogens is 391 g/mol. The summed E-state index contributed by atoms with van der Waals surface area (Å²) in [6.45, 7) is 5.26. The van der Waals surface area contributed by atoms with Crippen LogP contribution in [0.4, 0.5) is 0 Å². The van der Waals surface area contributed by atoms with Gasteiger partial charge in [-0.15, -0.1) is 11.3 Å². The van der Waals surface area contributed by atoms with E-state index in [0.29, 0.717) is 6.04 Å². The van der Waals surface area contributed by atoms with Crippen molar-refractivity contribution in [2.75, 3.05) is 6.54 Å². The SMILES string of the molecule is CC(C)N1[C+]=CC(c2nc(-c3ccccc3)cs2)=CC1.[I-]. The van der Waals surface area contributed by atoms with Crippen molar-refractivity contribution in [1.82, 2.24) is 9.88 Å². The standard InChI is InChI=1S/C17H17N2S.HI/c1-13(2)19-10-8-15(9-11-19)17-18-16(12-20-17)14-6-4-3-5-7-14;/h3-9,12-13H,10H2,1-2H3;1H/q+1;/p-1. The molecule has 1 aromatic heterocycles. The minimum atomic E-state index is 0. The van der Waals surface area contributed by atoms with Gasteiger partial charge in [-0.05, 0) is 13.8 Å². The fraction of sp³-hybridized carbons (Fsp3) is 0.235. The molecule has 0 saturated heterocycles. The van der Waals surface area contributed by atoms with E-state index in [2.05, 4.69) is 48.5 Å². The first-order valence-electron chi connectivity index (χ1n) is 6.81. The summed E-state index contributed by atoms with van der Waals surface area (Å²) >= 11 is 1.69. The summed E-state index contributed by atoms with van der Waals surface area (Å²) in [5.41, 5.74) is 3.39. The molecule has 0 fully saturated rings. The van der Waals surface area contributed by atoms with E-state index in [4.69, 9.17) is 4.98 Å². The smallest absolute Gasteiger partial charge is 0.209 e. The molecule has 0 unspecified atom stereocenters. The van der Waals surface area contributed by atoms with Crippen LogP contribution in [-0.2, 0) is 0 Å². The van der Waals surface area contributed by atoms with Crippen molar-refractivity contribution < 1.29 is 24.0 Å². The Morgan fingerprint density at radius 2 is 2.00 bits per heavy atom. The largest absolute Gasteiger partial charge is 1.00 e. The number of thiazole rings is 1. The molecule has 108 valence electrons. The third-order valence-electron chi connectivity index (χ3n) is 3.34. The molecular formula is C17H17IN2S. The maximum atomic E-state index is 4.73. The number of hydrogen-bond donors (Lipinski definition) is 0. The van der Waals surface area contributed by atoms with Crippen molar-refractivity contribution in [3.63, 3.8) is 0 Å². The highest BCUT2D eigenvalue weighted by Gasteiger charge is 2.21. The maximum absolute atomic E-state index is 4.73. The van der Waals surface area contributed by atoms with Gasteiger partial charge < -0.3 is 24.0 Å². The van der Waals surface area contributed by atoms with Gasteiger partial charge in [-0.3, -0.25) is 0 Å². The Morgan fingerprint density at radius 1 is 1.24 bits per heavy atom. The van der Waals surface area contributed by atoms with Crippen molar-refractivity contribution in [2.24, 2.45) is 0 Å². The van der Waals surface area contributed by atoms with Gasteiger partial charge in [0, 0.05) is 17.0 Å². The van der Waals surface area contributed by atoms with Crippen LogP contribution in [-0.4, -0.2) is 22.5 Å². The van der Waals surface area contributed by atoms with E-state index in [0.717, 1.165) is 17.2 Å². The lowest BCUT2D eigenvalue weighted by atomic mass is 10.1. The number of benzene rings is 1. The molecule has 2 nitrogen and oxygen atoms in total. The van der Waals surface area contributed by atoms with Crippen molar-refractivity contribution in [1.29, 1.82) is 0 Å². The summed E-state index contributed by atoms with van der Waals surface area (Å²) in [7, 11) is 0. The van der Waals surface area contributed by atoms with Crippen molar-refractivity contribution in [3.8, 4) is 11.3 Å². The van der Waals surface area contributed by atoms with Gasteiger partial charge in [-0.2, -0.15) is 0 Å².